The van der Waals surface area contributed by atoms with E-state index in [1.807, 2.05) is 5.32 Å². The molecule has 28 heavy (non-hydrogen) atoms. The fourth-order valence-electron chi connectivity index (χ4n) is 2.96. The predicted molar refractivity (Wildman–Crippen MR) is 95.1 cm³/mol. The van der Waals surface area contributed by atoms with Crippen LogP contribution in [0.25, 0.3) is 0 Å². The van der Waals surface area contributed by atoms with Gasteiger partial charge in [-0.1, -0.05) is 6.07 Å². The minimum atomic E-state index is -4.43. The summed E-state index contributed by atoms with van der Waals surface area (Å²) in [6.45, 7) is -0.438. The summed E-state index contributed by atoms with van der Waals surface area (Å²) in [6.07, 6.45) is -3.78. The zero-order valence-electron chi connectivity index (χ0n) is 15.8. The molecule has 1 aliphatic rings. The number of likely N-dealkylation sites (tertiary alicyclic amines) is 1. The van der Waals surface area contributed by atoms with E-state index in [1.54, 1.807) is 23.1 Å². The number of benzene rings is 1. The first kappa shape index (κ1) is 21.6. The quantitative estimate of drug-likeness (QED) is 0.764. The molecular weight excluding hydrogens is 379 g/mol. The van der Waals surface area contributed by atoms with Crippen molar-refractivity contribution in [2.45, 2.75) is 25.6 Å². The lowest BCUT2D eigenvalue weighted by Gasteiger charge is -2.31. The van der Waals surface area contributed by atoms with Crippen molar-refractivity contribution in [2.24, 2.45) is 5.92 Å². The molecule has 156 valence electrons. The Morgan fingerprint density at radius 1 is 1.11 bits per heavy atom. The van der Waals surface area contributed by atoms with Crippen LogP contribution in [0.1, 0.15) is 18.4 Å². The van der Waals surface area contributed by atoms with Crippen LogP contribution in [-0.2, 0) is 11.3 Å². The average molecular weight is 403 g/mol. The van der Waals surface area contributed by atoms with E-state index in [9.17, 15) is 22.8 Å². The fourth-order valence-corrected chi connectivity index (χ4v) is 2.96. The van der Waals surface area contributed by atoms with Gasteiger partial charge >= 0.3 is 12.2 Å². The van der Waals surface area contributed by atoms with Crippen molar-refractivity contribution >= 4 is 11.9 Å². The highest BCUT2D eigenvalue weighted by molar-refractivity contribution is 5.79. The molecule has 2 N–H and O–H groups in total. The summed E-state index contributed by atoms with van der Waals surface area (Å²) in [6, 6.07) is 5.02. The minimum Gasteiger partial charge on any atom is -0.493 e. The van der Waals surface area contributed by atoms with Gasteiger partial charge < -0.3 is 25.0 Å². The van der Waals surface area contributed by atoms with E-state index in [4.69, 9.17) is 9.47 Å². The van der Waals surface area contributed by atoms with Crippen LogP contribution in [0.2, 0.25) is 0 Å². The summed E-state index contributed by atoms with van der Waals surface area (Å²) in [5, 5.41) is 4.69. The Balaban J connectivity index is 1.78. The van der Waals surface area contributed by atoms with Gasteiger partial charge in [0.05, 0.1) is 14.2 Å². The third-order valence-corrected chi connectivity index (χ3v) is 4.51. The Morgan fingerprint density at radius 3 is 2.32 bits per heavy atom. The van der Waals surface area contributed by atoms with Gasteiger partial charge in [0.1, 0.15) is 6.54 Å². The molecule has 1 aromatic carbocycles. The molecule has 0 radical (unpaired) electrons. The summed E-state index contributed by atoms with van der Waals surface area (Å²) in [5.74, 6) is 0.00309. The molecule has 0 unspecified atom stereocenters. The van der Waals surface area contributed by atoms with E-state index in [-0.39, 0.29) is 12.6 Å². The first-order chi connectivity index (χ1) is 13.2. The molecule has 2 rings (SSSR count). The molecule has 0 spiro atoms. The maximum atomic E-state index is 12.3. The van der Waals surface area contributed by atoms with E-state index < -0.39 is 24.5 Å². The smallest absolute Gasteiger partial charge is 0.405 e. The maximum Gasteiger partial charge on any atom is 0.405 e. The summed E-state index contributed by atoms with van der Waals surface area (Å²) in [7, 11) is 3.06. The van der Waals surface area contributed by atoms with Crippen LogP contribution < -0.4 is 20.1 Å². The van der Waals surface area contributed by atoms with Crippen LogP contribution in [0.5, 0.6) is 11.5 Å². The van der Waals surface area contributed by atoms with Gasteiger partial charge in [-0.05, 0) is 30.5 Å². The zero-order chi connectivity index (χ0) is 20.7. The van der Waals surface area contributed by atoms with Gasteiger partial charge in [0.2, 0.25) is 5.91 Å². The summed E-state index contributed by atoms with van der Waals surface area (Å²) in [5.41, 5.74) is 0.826. The Hall–Kier alpha value is -2.65. The lowest BCUT2D eigenvalue weighted by atomic mass is 9.96. The van der Waals surface area contributed by atoms with Crippen molar-refractivity contribution in [1.29, 1.82) is 0 Å². The molecule has 0 bridgehead atoms. The fraction of sp³-hybridized carbons (Fsp3) is 0.556. The second-order valence-corrected chi connectivity index (χ2v) is 6.44. The van der Waals surface area contributed by atoms with Crippen LogP contribution in [-0.4, -0.2) is 56.9 Å². The van der Waals surface area contributed by atoms with Crippen molar-refractivity contribution in [2.75, 3.05) is 33.9 Å². The first-order valence-electron chi connectivity index (χ1n) is 8.81. The minimum absolute atomic E-state index is 0.283. The number of rotatable bonds is 6. The van der Waals surface area contributed by atoms with E-state index in [1.165, 1.54) is 14.2 Å². The first-order valence-corrected chi connectivity index (χ1v) is 8.81. The number of nitrogens with one attached hydrogen (secondary N) is 2. The number of alkyl halides is 3. The number of piperidine rings is 1. The summed E-state index contributed by atoms with van der Waals surface area (Å²) < 4.78 is 46.9. The Morgan fingerprint density at radius 2 is 1.75 bits per heavy atom. The largest absolute Gasteiger partial charge is 0.493 e. The average Bonchev–Trinajstić information content (AvgIpc) is 2.69. The predicted octanol–water partition coefficient (Wildman–Crippen LogP) is 2.30. The van der Waals surface area contributed by atoms with Crippen molar-refractivity contribution in [3.8, 4) is 11.5 Å². The third kappa shape index (κ3) is 6.21. The number of carbonyl (C=O) groups excluding carboxylic acids is 2. The topological polar surface area (TPSA) is 79.9 Å². The molecule has 10 heteroatoms. The van der Waals surface area contributed by atoms with Crippen LogP contribution >= 0.6 is 0 Å². The van der Waals surface area contributed by atoms with Crippen LogP contribution in [0.3, 0.4) is 0 Å². The number of nitrogens with zero attached hydrogens (tertiary/aromatic N) is 1. The van der Waals surface area contributed by atoms with E-state index in [2.05, 4.69) is 5.32 Å². The molecule has 1 heterocycles. The number of halogens is 3. The van der Waals surface area contributed by atoms with E-state index in [0.717, 1.165) is 5.56 Å². The number of urea groups is 1. The molecule has 0 aromatic heterocycles. The van der Waals surface area contributed by atoms with Gasteiger partial charge in [-0.15, -0.1) is 0 Å². The highest BCUT2D eigenvalue weighted by atomic mass is 19.4. The monoisotopic (exact) mass is 403 g/mol. The van der Waals surface area contributed by atoms with Crippen molar-refractivity contribution in [1.82, 2.24) is 15.5 Å². The van der Waals surface area contributed by atoms with Crippen molar-refractivity contribution in [3.63, 3.8) is 0 Å². The zero-order valence-corrected chi connectivity index (χ0v) is 15.8. The summed E-state index contributed by atoms with van der Waals surface area (Å²) in [4.78, 5) is 25.6. The standard InChI is InChI=1S/C18H24F3N3O4/c1-27-14-4-3-12(9-15(14)28-2)10-22-17(26)24-7-5-13(6-8-24)16(25)23-11-18(19,20)21/h3-4,9,13H,5-8,10-11H2,1-2H3,(H,22,26)(H,23,25). The molecule has 1 fully saturated rings. The lowest BCUT2D eigenvalue weighted by Crippen LogP contribution is -2.47. The number of carbonyl (C=O) groups is 2. The van der Waals surface area contributed by atoms with Crippen molar-refractivity contribution < 1.29 is 32.2 Å². The molecular formula is C18H24F3N3O4. The molecule has 1 aliphatic heterocycles. The highest BCUT2D eigenvalue weighted by Crippen LogP contribution is 2.27. The molecule has 0 atom stereocenters. The van der Waals surface area contributed by atoms with Crippen LogP contribution in [0.15, 0.2) is 18.2 Å². The van der Waals surface area contributed by atoms with Gasteiger partial charge in [0.15, 0.2) is 11.5 Å². The van der Waals surface area contributed by atoms with Crippen molar-refractivity contribution in [3.05, 3.63) is 23.8 Å². The molecule has 1 saturated heterocycles. The third-order valence-electron chi connectivity index (χ3n) is 4.51. The number of amides is 3. The van der Waals surface area contributed by atoms with Crippen LogP contribution in [0.4, 0.5) is 18.0 Å². The Labute approximate surface area is 161 Å². The molecule has 0 aliphatic carbocycles. The normalized spacial score (nSPS) is 15.1. The lowest BCUT2D eigenvalue weighted by molar-refractivity contribution is -0.141. The molecule has 7 nitrogen and oxygen atoms in total. The Kier molecular flexibility index (Phi) is 7.36. The maximum absolute atomic E-state index is 12.3. The van der Waals surface area contributed by atoms with E-state index >= 15 is 0 Å². The highest BCUT2D eigenvalue weighted by Gasteiger charge is 2.31. The molecule has 3 amide bonds. The van der Waals surface area contributed by atoms with Gasteiger partial charge in [0.25, 0.3) is 0 Å². The van der Waals surface area contributed by atoms with Crippen LogP contribution in [0, 0.1) is 5.92 Å². The second kappa shape index (κ2) is 9.52. The Bertz CT molecular complexity index is 689. The van der Waals surface area contributed by atoms with Gasteiger partial charge in [-0.2, -0.15) is 13.2 Å². The number of methoxy groups -OCH3 is 2. The molecule has 1 aromatic rings. The second-order valence-electron chi connectivity index (χ2n) is 6.44. The summed E-state index contributed by atoms with van der Waals surface area (Å²) >= 11 is 0. The number of hydrogen-bond donors (Lipinski definition) is 2. The van der Waals surface area contributed by atoms with Gasteiger partial charge in [0, 0.05) is 25.6 Å². The SMILES string of the molecule is COc1ccc(CNC(=O)N2CCC(C(=O)NCC(F)(F)F)CC2)cc1OC. The van der Waals surface area contributed by atoms with E-state index in [0.29, 0.717) is 37.4 Å². The van der Waals surface area contributed by atoms with Gasteiger partial charge in [-0.25, -0.2) is 4.79 Å². The number of ether oxygens (including phenoxy) is 2. The molecule has 0 saturated carbocycles. The van der Waals surface area contributed by atoms with Gasteiger partial charge in [-0.3, -0.25) is 4.79 Å². The number of hydrogen-bond acceptors (Lipinski definition) is 4.